The monoisotopic (exact) mass is 489 g/mol. The molecule has 4 rings (SSSR count). The zero-order valence-electron chi connectivity index (χ0n) is 16.9. The summed E-state index contributed by atoms with van der Waals surface area (Å²) in [5, 5.41) is 5.10. The smallest absolute Gasteiger partial charge is 0.265 e. The summed E-state index contributed by atoms with van der Waals surface area (Å²) in [6.07, 6.45) is 0. The Morgan fingerprint density at radius 3 is 2.16 bits per heavy atom. The van der Waals surface area contributed by atoms with Crippen LogP contribution >= 0.6 is 22.9 Å². The van der Waals surface area contributed by atoms with Gasteiger partial charge in [-0.1, -0.05) is 17.7 Å². The van der Waals surface area contributed by atoms with E-state index in [2.05, 4.69) is 5.32 Å². The number of hydrogen-bond donors (Lipinski definition) is 1. The minimum absolute atomic E-state index is 0.176. The molecular formula is C22H20ClN3O4S2. The van der Waals surface area contributed by atoms with Gasteiger partial charge in [0.25, 0.3) is 11.8 Å². The predicted molar refractivity (Wildman–Crippen MR) is 125 cm³/mol. The van der Waals surface area contributed by atoms with E-state index in [0.29, 0.717) is 34.2 Å². The van der Waals surface area contributed by atoms with Crippen LogP contribution in [0, 0.1) is 0 Å². The van der Waals surface area contributed by atoms with Crippen molar-refractivity contribution in [2.45, 2.75) is 4.90 Å². The normalized spacial score (nSPS) is 14.8. The summed E-state index contributed by atoms with van der Waals surface area (Å²) < 4.78 is 27.0. The molecule has 1 aliphatic rings. The highest BCUT2D eigenvalue weighted by Crippen LogP contribution is 2.21. The summed E-state index contributed by atoms with van der Waals surface area (Å²) >= 11 is 7.20. The summed E-state index contributed by atoms with van der Waals surface area (Å²) in [6, 6.07) is 16.3. The number of piperazine rings is 1. The summed E-state index contributed by atoms with van der Waals surface area (Å²) in [4.78, 5) is 27.4. The zero-order chi connectivity index (χ0) is 22.7. The van der Waals surface area contributed by atoms with Gasteiger partial charge in [0.15, 0.2) is 0 Å². The van der Waals surface area contributed by atoms with E-state index in [1.54, 1.807) is 47.4 Å². The summed E-state index contributed by atoms with van der Waals surface area (Å²) in [5.74, 6) is -0.373. The van der Waals surface area contributed by atoms with E-state index in [4.69, 9.17) is 11.6 Å². The average Bonchev–Trinajstić information content (AvgIpc) is 3.35. The van der Waals surface area contributed by atoms with Crippen LogP contribution in [0.1, 0.15) is 20.0 Å². The number of hydrogen-bond acceptors (Lipinski definition) is 5. The molecule has 0 saturated carbocycles. The second-order valence-electron chi connectivity index (χ2n) is 7.16. The number of halogens is 1. The molecule has 32 heavy (non-hydrogen) atoms. The van der Waals surface area contributed by atoms with Gasteiger partial charge >= 0.3 is 0 Å². The Bertz CT molecular complexity index is 1200. The maximum absolute atomic E-state index is 12.8. The molecule has 2 amide bonds. The molecule has 1 fully saturated rings. The van der Waals surface area contributed by atoms with Gasteiger partial charge in [0, 0.05) is 42.5 Å². The molecule has 10 heteroatoms. The third-order valence-corrected chi connectivity index (χ3v) is 8.15. The van der Waals surface area contributed by atoms with E-state index in [9.17, 15) is 18.0 Å². The van der Waals surface area contributed by atoms with Gasteiger partial charge in [-0.25, -0.2) is 8.42 Å². The molecule has 0 atom stereocenters. The van der Waals surface area contributed by atoms with Crippen molar-refractivity contribution >= 4 is 50.5 Å². The van der Waals surface area contributed by atoms with Crippen LogP contribution in [0.25, 0.3) is 0 Å². The van der Waals surface area contributed by atoms with E-state index in [-0.39, 0.29) is 29.8 Å². The van der Waals surface area contributed by atoms with Crippen molar-refractivity contribution in [2.75, 3.05) is 31.5 Å². The van der Waals surface area contributed by atoms with Crippen LogP contribution in [-0.4, -0.2) is 55.6 Å². The van der Waals surface area contributed by atoms with Crippen molar-refractivity contribution in [1.82, 2.24) is 9.21 Å². The molecule has 166 valence electrons. The number of amides is 2. The van der Waals surface area contributed by atoms with Crippen molar-refractivity contribution < 1.29 is 18.0 Å². The highest BCUT2D eigenvalue weighted by atomic mass is 35.5. The molecule has 3 aromatic rings. The molecule has 7 nitrogen and oxygen atoms in total. The summed E-state index contributed by atoms with van der Waals surface area (Å²) in [5.41, 5.74) is 1.08. The van der Waals surface area contributed by atoms with Crippen molar-refractivity contribution in [2.24, 2.45) is 0 Å². The third-order valence-electron chi connectivity index (χ3n) is 5.11. The zero-order valence-corrected chi connectivity index (χ0v) is 19.3. The molecule has 1 saturated heterocycles. The fourth-order valence-corrected chi connectivity index (χ4v) is 5.53. The standard InChI is InChI=1S/C22H20ClN3O4S2/c23-17-5-9-19(10-6-17)32(29,30)26-13-11-25(12-14-26)22(28)16-3-7-18(8-4-16)24-21(27)20-2-1-15-31-20/h1-10,15H,11-14H2,(H,24,27). The van der Waals surface area contributed by atoms with E-state index in [1.807, 2.05) is 11.4 Å². The van der Waals surface area contributed by atoms with E-state index < -0.39 is 10.0 Å². The average molecular weight is 490 g/mol. The van der Waals surface area contributed by atoms with Crippen LogP contribution in [0.3, 0.4) is 0 Å². The molecule has 0 bridgehead atoms. The Labute approximate surface area is 195 Å². The Morgan fingerprint density at radius 2 is 1.56 bits per heavy atom. The number of thiophene rings is 1. The molecule has 1 aromatic heterocycles. The van der Waals surface area contributed by atoms with Gasteiger partial charge in [0.05, 0.1) is 9.77 Å². The van der Waals surface area contributed by atoms with E-state index in [0.717, 1.165) is 0 Å². The number of sulfonamides is 1. The van der Waals surface area contributed by atoms with Crippen LogP contribution in [0.2, 0.25) is 5.02 Å². The van der Waals surface area contributed by atoms with Crippen molar-refractivity contribution in [3.05, 3.63) is 81.5 Å². The first-order valence-electron chi connectivity index (χ1n) is 9.84. The largest absolute Gasteiger partial charge is 0.336 e. The lowest BCUT2D eigenvalue weighted by Crippen LogP contribution is -2.50. The fourth-order valence-electron chi connectivity index (χ4n) is 3.37. The molecule has 1 N–H and O–H groups in total. The number of nitrogens with zero attached hydrogens (tertiary/aromatic N) is 2. The number of carbonyl (C=O) groups excluding carboxylic acids is 2. The number of carbonyl (C=O) groups is 2. The van der Waals surface area contributed by atoms with Crippen LogP contribution in [0.4, 0.5) is 5.69 Å². The maximum Gasteiger partial charge on any atom is 0.265 e. The van der Waals surface area contributed by atoms with Crippen LogP contribution in [0.5, 0.6) is 0 Å². The SMILES string of the molecule is O=C(Nc1ccc(C(=O)N2CCN(S(=O)(=O)c3ccc(Cl)cc3)CC2)cc1)c1cccs1. The topological polar surface area (TPSA) is 86.8 Å². The van der Waals surface area contributed by atoms with Crippen LogP contribution < -0.4 is 5.32 Å². The molecule has 2 aromatic carbocycles. The minimum atomic E-state index is -3.63. The van der Waals surface area contributed by atoms with Crippen molar-refractivity contribution in [3.8, 4) is 0 Å². The highest BCUT2D eigenvalue weighted by Gasteiger charge is 2.30. The lowest BCUT2D eigenvalue weighted by molar-refractivity contribution is 0.0698. The van der Waals surface area contributed by atoms with Gasteiger partial charge in [-0.2, -0.15) is 4.31 Å². The molecule has 2 heterocycles. The number of benzene rings is 2. The highest BCUT2D eigenvalue weighted by molar-refractivity contribution is 7.89. The van der Waals surface area contributed by atoms with Crippen LogP contribution in [-0.2, 0) is 10.0 Å². The first-order valence-corrected chi connectivity index (χ1v) is 12.5. The molecule has 0 aliphatic carbocycles. The lowest BCUT2D eigenvalue weighted by Gasteiger charge is -2.34. The number of nitrogens with one attached hydrogen (secondary N) is 1. The number of rotatable bonds is 5. The second kappa shape index (κ2) is 9.41. The molecule has 0 radical (unpaired) electrons. The minimum Gasteiger partial charge on any atom is -0.336 e. The van der Waals surface area contributed by atoms with Crippen molar-refractivity contribution in [1.29, 1.82) is 0 Å². The molecule has 0 unspecified atom stereocenters. The quantitative estimate of drug-likeness (QED) is 0.590. The predicted octanol–water partition coefficient (Wildman–Crippen LogP) is 3.80. The summed E-state index contributed by atoms with van der Waals surface area (Å²) in [7, 11) is -3.63. The van der Waals surface area contributed by atoms with Gasteiger partial charge in [0.2, 0.25) is 10.0 Å². The first kappa shape index (κ1) is 22.5. The van der Waals surface area contributed by atoms with Gasteiger partial charge in [-0.05, 0) is 60.0 Å². The fraction of sp³-hybridized carbons (Fsp3) is 0.182. The van der Waals surface area contributed by atoms with Gasteiger partial charge in [-0.15, -0.1) is 11.3 Å². The maximum atomic E-state index is 12.8. The second-order valence-corrected chi connectivity index (χ2v) is 10.5. The van der Waals surface area contributed by atoms with Gasteiger partial charge < -0.3 is 10.2 Å². The number of anilines is 1. The van der Waals surface area contributed by atoms with Gasteiger partial charge in [0.1, 0.15) is 0 Å². The lowest BCUT2D eigenvalue weighted by atomic mass is 10.1. The van der Waals surface area contributed by atoms with Gasteiger partial charge in [-0.3, -0.25) is 9.59 Å². The Balaban J connectivity index is 1.36. The van der Waals surface area contributed by atoms with E-state index in [1.165, 1.54) is 27.8 Å². The Morgan fingerprint density at radius 1 is 0.906 bits per heavy atom. The van der Waals surface area contributed by atoms with E-state index >= 15 is 0 Å². The van der Waals surface area contributed by atoms with Crippen LogP contribution in [0.15, 0.2) is 70.9 Å². The molecule has 1 aliphatic heterocycles. The summed E-state index contributed by atoms with van der Waals surface area (Å²) in [6.45, 7) is 1.02. The first-order chi connectivity index (χ1) is 15.3. The Kier molecular flexibility index (Phi) is 6.61. The van der Waals surface area contributed by atoms with Crippen molar-refractivity contribution in [3.63, 3.8) is 0 Å². The third kappa shape index (κ3) is 4.86. The molecular weight excluding hydrogens is 470 g/mol. The molecule has 0 spiro atoms. The Hall–Kier alpha value is -2.72.